The van der Waals surface area contributed by atoms with Crippen LogP contribution in [0.2, 0.25) is 0 Å². The Balaban J connectivity index is 1.89. The maximum atomic E-state index is 12.8. The third kappa shape index (κ3) is 2.29. The van der Waals surface area contributed by atoms with Crippen molar-refractivity contribution in [2.45, 2.75) is 38.0 Å². The SMILES string of the molecule is NC(=O)c1cc(-c2cnn(C(F)F)c2)c2c(n1)[C@@H]1CC[C@H](C2)O1. The molecule has 0 aromatic carbocycles. The molecular weight excluding hydrogens is 306 g/mol. The second-order valence-corrected chi connectivity index (χ2v) is 5.80. The average molecular weight is 320 g/mol. The normalized spacial score (nSPS) is 22.4. The van der Waals surface area contributed by atoms with Gasteiger partial charge in [0.25, 0.3) is 5.91 Å². The minimum absolute atomic E-state index is 0.109. The molecule has 0 spiro atoms. The molecule has 4 heterocycles. The first-order valence-electron chi connectivity index (χ1n) is 7.34. The quantitative estimate of drug-likeness (QED) is 0.940. The second kappa shape index (κ2) is 5.09. The van der Waals surface area contributed by atoms with Crippen LogP contribution in [0.1, 0.15) is 47.2 Å². The minimum atomic E-state index is -2.71. The molecule has 1 saturated heterocycles. The van der Waals surface area contributed by atoms with Crippen molar-refractivity contribution in [3.8, 4) is 11.1 Å². The third-order valence-electron chi connectivity index (χ3n) is 4.37. The Labute approximate surface area is 130 Å². The molecule has 23 heavy (non-hydrogen) atoms. The number of halogens is 2. The molecule has 0 saturated carbocycles. The molecule has 6 nitrogen and oxygen atoms in total. The van der Waals surface area contributed by atoms with Gasteiger partial charge in [0.15, 0.2) is 0 Å². The molecule has 2 aromatic rings. The van der Waals surface area contributed by atoms with E-state index in [1.807, 2.05) is 0 Å². The molecule has 120 valence electrons. The predicted molar refractivity (Wildman–Crippen MR) is 75.8 cm³/mol. The van der Waals surface area contributed by atoms with Crippen molar-refractivity contribution in [1.29, 1.82) is 0 Å². The first-order valence-corrected chi connectivity index (χ1v) is 7.34. The molecule has 2 atom stereocenters. The summed E-state index contributed by atoms with van der Waals surface area (Å²) in [5, 5.41) is 3.67. The number of alkyl halides is 2. The maximum absolute atomic E-state index is 12.8. The number of nitrogens with zero attached hydrogens (tertiary/aromatic N) is 3. The Bertz CT molecular complexity index is 790. The van der Waals surface area contributed by atoms with E-state index in [2.05, 4.69) is 10.1 Å². The van der Waals surface area contributed by atoms with E-state index in [9.17, 15) is 13.6 Å². The van der Waals surface area contributed by atoms with Gasteiger partial charge < -0.3 is 10.5 Å². The van der Waals surface area contributed by atoms with Gasteiger partial charge in [0, 0.05) is 18.2 Å². The van der Waals surface area contributed by atoms with Gasteiger partial charge >= 0.3 is 6.55 Å². The average Bonchev–Trinajstić information content (AvgIpc) is 3.14. The summed E-state index contributed by atoms with van der Waals surface area (Å²) in [6, 6.07) is 1.55. The first-order chi connectivity index (χ1) is 11.0. The van der Waals surface area contributed by atoms with Gasteiger partial charge in [0.1, 0.15) is 11.8 Å². The number of pyridine rings is 1. The van der Waals surface area contributed by atoms with Crippen LogP contribution >= 0.6 is 0 Å². The van der Waals surface area contributed by atoms with Crippen LogP contribution in [0.3, 0.4) is 0 Å². The summed E-state index contributed by atoms with van der Waals surface area (Å²) in [6.07, 6.45) is 4.98. The van der Waals surface area contributed by atoms with Crippen LogP contribution in [0.4, 0.5) is 8.78 Å². The number of hydrogen-bond acceptors (Lipinski definition) is 4. The van der Waals surface area contributed by atoms with Crippen LogP contribution < -0.4 is 5.73 Å². The molecular formula is C15H14F2N4O2. The van der Waals surface area contributed by atoms with Crippen LogP contribution in [0.5, 0.6) is 0 Å². The fourth-order valence-electron chi connectivity index (χ4n) is 3.32. The molecule has 2 bridgehead atoms. The van der Waals surface area contributed by atoms with Gasteiger partial charge in [-0.05, 0) is 30.0 Å². The van der Waals surface area contributed by atoms with Gasteiger partial charge in [-0.25, -0.2) is 9.67 Å². The van der Waals surface area contributed by atoms with Crippen LogP contribution in [-0.2, 0) is 11.2 Å². The number of carbonyl (C=O) groups is 1. The molecule has 1 fully saturated rings. The lowest BCUT2D eigenvalue weighted by atomic mass is 9.94. The van der Waals surface area contributed by atoms with Gasteiger partial charge in [-0.2, -0.15) is 13.9 Å². The highest BCUT2D eigenvalue weighted by molar-refractivity contribution is 5.92. The van der Waals surface area contributed by atoms with E-state index in [0.29, 0.717) is 27.9 Å². The van der Waals surface area contributed by atoms with Gasteiger partial charge in [-0.3, -0.25) is 4.79 Å². The van der Waals surface area contributed by atoms with Crippen LogP contribution in [0.15, 0.2) is 18.5 Å². The summed E-state index contributed by atoms with van der Waals surface area (Å²) in [6.45, 7) is -2.71. The molecule has 2 aromatic heterocycles. The Morgan fingerprint density at radius 2 is 2.26 bits per heavy atom. The van der Waals surface area contributed by atoms with Crippen LogP contribution in [0.25, 0.3) is 11.1 Å². The Morgan fingerprint density at radius 1 is 1.43 bits per heavy atom. The number of aromatic nitrogens is 3. The second-order valence-electron chi connectivity index (χ2n) is 5.80. The zero-order chi connectivity index (χ0) is 16.1. The van der Waals surface area contributed by atoms with Crippen molar-refractivity contribution in [3.63, 3.8) is 0 Å². The summed E-state index contributed by atoms with van der Waals surface area (Å²) in [5.74, 6) is -0.657. The molecule has 0 unspecified atom stereocenters. The first kappa shape index (κ1) is 14.3. The summed E-state index contributed by atoms with van der Waals surface area (Å²) >= 11 is 0. The lowest BCUT2D eigenvalue weighted by molar-refractivity contribution is 0.0295. The number of hydrogen-bond donors (Lipinski definition) is 1. The predicted octanol–water partition coefficient (Wildman–Crippen LogP) is 2.22. The van der Waals surface area contributed by atoms with E-state index in [1.165, 1.54) is 12.4 Å². The van der Waals surface area contributed by atoms with E-state index < -0.39 is 12.5 Å². The largest absolute Gasteiger partial charge is 0.368 e. The van der Waals surface area contributed by atoms with Crippen LogP contribution in [-0.4, -0.2) is 26.8 Å². The highest BCUT2D eigenvalue weighted by atomic mass is 19.3. The van der Waals surface area contributed by atoms with E-state index in [1.54, 1.807) is 6.07 Å². The topological polar surface area (TPSA) is 83.0 Å². The summed E-state index contributed by atoms with van der Waals surface area (Å²) < 4.78 is 32.0. The van der Waals surface area contributed by atoms with Crippen molar-refractivity contribution in [1.82, 2.24) is 14.8 Å². The number of carbonyl (C=O) groups excluding carboxylic acids is 1. The molecule has 1 amide bonds. The third-order valence-corrected chi connectivity index (χ3v) is 4.37. The summed E-state index contributed by atoms with van der Waals surface area (Å²) in [7, 11) is 0. The zero-order valence-corrected chi connectivity index (χ0v) is 12.1. The number of rotatable bonds is 3. The molecule has 2 aliphatic heterocycles. The van der Waals surface area contributed by atoms with Gasteiger partial charge in [-0.1, -0.05) is 0 Å². The molecule has 8 heteroatoms. The molecule has 0 radical (unpaired) electrons. The number of fused-ring (bicyclic) bond motifs is 4. The van der Waals surface area contributed by atoms with E-state index in [-0.39, 0.29) is 17.9 Å². The minimum Gasteiger partial charge on any atom is -0.368 e. The Kier molecular flexibility index (Phi) is 3.15. The number of primary amides is 1. The van der Waals surface area contributed by atoms with Crippen molar-refractivity contribution in [2.75, 3.05) is 0 Å². The highest BCUT2D eigenvalue weighted by Crippen LogP contribution is 2.43. The lowest BCUT2D eigenvalue weighted by Gasteiger charge is -2.25. The van der Waals surface area contributed by atoms with Gasteiger partial charge in [0.2, 0.25) is 0 Å². The zero-order valence-electron chi connectivity index (χ0n) is 12.1. The molecule has 2 aliphatic rings. The van der Waals surface area contributed by atoms with Gasteiger partial charge in [0.05, 0.1) is 18.0 Å². The molecule has 4 rings (SSSR count). The molecule has 0 aliphatic carbocycles. The van der Waals surface area contributed by atoms with E-state index in [4.69, 9.17) is 10.5 Å². The maximum Gasteiger partial charge on any atom is 0.333 e. The van der Waals surface area contributed by atoms with E-state index in [0.717, 1.165) is 18.4 Å². The van der Waals surface area contributed by atoms with Crippen molar-refractivity contribution in [2.24, 2.45) is 5.73 Å². The Hall–Kier alpha value is -2.35. The summed E-state index contributed by atoms with van der Waals surface area (Å²) in [4.78, 5) is 15.9. The van der Waals surface area contributed by atoms with E-state index >= 15 is 0 Å². The standard InChI is InChI=1S/C15H14F2N4O2/c16-15(17)21-6-7(5-19-21)9-4-11(14(18)22)20-13-10(9)3-8-1-2-12(13)23-8/h4-6,8,12,15H,1-3H2,(H2,18,22)/t8-,12+/m1/s1. The van der Waals surface area contributed by atoms with Gasteiger partial charge in [-0.15, -0.1) is 0 Å². The van der Waals surface area contributed by atoms with Crippen molar-refractivity contribution >= 4 is 5.91 Å². The fraction of sp³-hybridized carbons (Fsp3) is 0.400. The number of ether oxygens (including phenoxy) is 1. The van der Waals surface area contributed by atoms with Crippen LogP contribution in [0, 0.1) is 0 Å². The lowest BCUT2D eigenvalue weighted by Crippen LogP contribution is -2.23. The fourth-order valence-corrected chi connectivity index (χ4v) is 3.32. The summed E-state index contributed by atoms with van der Waals surface area (Å²) in [5.41, 5.74) is 8.29. The van der Waals surface area contributed by atoms with Crippen molar-refractivity contribution in [3.05, 3.63) is 35.4 Å². The van der Waals surface area contributed by atoms with Crippen molar-refractivity contribution < 1.29 is 18.3 Å². The smallest absolute Gasteiger partial charge is 0.333 e. The number of amides is 1. The Morgan fingerprint density at radius 3 is 2.96 bits per heavy atom. The monoisotopic (exact) mass is 320 g/mol. The molecule has 2 N–H and O–H groups in total. The number of nitrogens with two attached hydrogens (primary N) is 1. The highest BCUT2D eigenvalue weighted by Gasteiger charge is 2.37.